The molecule has 0 aliphatic carbocycles. The molecule has 0 radical (unpaired) electrons. The molecule has 0 amide bonds. The van der Waals surface area contributed by atoms with Crippen LogP contribution in [0.2, 0.25) is 5.02 Å². The van der Waals surface area contributed by atoms with Crippen LogP contribution in [-0.4, -0.2) is 17.2 Å². The van der Waals surface area contributed by atoms with Crippen molar-refractivity contribution in [3.8, 4) is 0 Å². The van der Waals surface area contributed by atoms with Crippen LogP contribution >= 0.6 is 11.6 Å². The molecule has 6 heteroatoms. The highest BCUT2D eigenvalue weighted by Gasteiger charge is 2.10. The molecule has 2 aromatic rings. The van der Waals surface area contributed by atoms with Crippen LogP contribution in [0.3, 0.4) is 0 Å². The summed E-state index contributed by atoms with van der Waals surface area (Å²) in [4.78, 5) is 1.85. The van der Waals surface area contributed by atoms with Crippen molar-refractivity contribution >= 4 is 17.6 Å². The van der Waals surface area contributed by atoms with Gasteiger partial charge in [-0.15, -0.1) is 5.10 Å². The van der Waals surface area contributed by atoms with Gasteiger partial charge < -0.3 is 15.1 Å². The summed E-state index contributed by atoms with van der Waals surface area (Å²) in [6.07, 6.45) is 0. The third-order valence-electron chi connectivity index (χ3n) is 2.27. The van der Waals surface area contributed by atoms with Crippen LogP contribution < -0.4 is 10.6 Å². The van der Waals surface area contributed by atoms with Crippen molar-refractivity contribution in [3.63, 3.8) is 0 Å². The van der Waals surface area contributed by atoms with Crippen molar-refractivity contribution in [3.05, 3.63) is 40.7 Å². The van der Waals surface area contributed by atoms with Crippen molar-refractivity contribution in [2.75, 3.05) is 11.9 Å². The Morgan fingerprint density at radius 1 is 1.41 bits per heavy atom. The fraction of sp³-hybridized carbons (Fsp3) is 0.273. The van der Waals surface area contributed by atoms with Gasteiger partial charge in [-0.25, -0.2) is 0 Å². The molecule has 0 atom stereocenters. The monoisotopic (exact) mass is 252 g/mol. The number of rotatable bonds is 4. The molecule has 1 aromatic carbocycles. The Hall–Kier alpha value is -1.59. The van der Waals surface area contributed by atoms with Gasteiger partial charge in [-0.2, -0.15) is 0 Å². The van der Waals surface area contributed by atoms with Gasteiger partial charge in [-0.05, 0) is 17.7 Å². The Kier molecular flexibility index (Phi) is 3.61. The second-order valence-electron chi connectivity index (χ2n) is 3.67. The quantitative estimate of drug-likeness (QED) is 0.899. The molecule has 17 heavy (non-hydrogen) atoms. The molecule has 0 spiro atoms. The van der Waals surface area contributed by atoms with Gasteiger partial charge in [-0.3, -0.25) is 0 Å². The maximum Gasteiger partial charge on any atom is 0.318 e. The Labute approximate surface area is 104 Å². The summed E-state index contributed by atoms with van der Waals surface area (Å²) in [5, 5.41) is 8.42. The van der Waals surface area contributed by atoms with E-state index in [1.165, 1.54) is 0 Å². The van der Waals surface area contributed by atoms with E-state index in [0.717, 1.165) is 5.56 Å². The highest BCUT2D eigenvalue weighted by Crippen LogP contribution is 2.16. The van der Waals surface area contributed by atoms with E-state index < -0.39 is 0 Å². The van der Waals surface area contributed by atoms with E-state index >= 15 is 0 Å². The molecule has 5 nitrogen and oxygen atoms in total. The summed E-state index contributed by atoms with van der Waals surface area (Å²) in [6, 6.07) is 8.08. The SMILES string of the molecule is CN(Cc1cccc(Cl)c1)c1nnc(CN)o1. The molecule has 90 valence electrons. The molecule has 0 bridgehead atoms. The molecule has 1 heterocycles. The van der Waals surface area contributed by atoms with Gasteiger partial charge in [0.2, 0.25) is 5.89 Å². The number of nitrogens with two attached hydrogens (primary N) is 1. The van der Waals surface area contributed by atoms with Crippen LogP contribution in [-0.2, 0) is 13.1 Å². The van der Waals surface area contributed by atoms with Crippen LogP contribution in [0.1, 0.15) is 11.5 Å². The predicted molar refractivity (Wildman–Crippen MR) is 65.7 cm³/mol. The van der Waals surface area contributed by atoms with Gasteiger partial charge in [0, 0.05) is 18.6 Å². The molecule has 0 saturated carbocycles. The van der Waals surface area contributed by atoms with E-state index in [1.54, 1.807) is 0 Å². The van der Waals surface area contributed by atoms with Crippen molar-refractivity contribution in [2.24, 2.45) is 5.73 Å². The van der Waals surface area contributed by atoms with Gasteiger partial charge in [0.05, 0.1) is 6.54 Å². The van der Waals surface area contributed by atoms with Gasteiger partial charge in [0.15, 0.2) is 0 Å². The lowest BCUT2D eigenvalue weighted by Crippen LogP contribution is -2.16. The second-order valence-corrected chi connectivity index (χ2v) is 4.10. The molecule has 0 saturated heterocycles. The first-order valence-electron chi connectivity index (χ1n) is 5.17. The summed E-state index contributed by atoms with van der Waals surface area (Å²) >= 11 is 5.91. The maximum atomic E-state index is 5.91. The Bertz CT molecular complexity index is 500. The Morgan fingerprint density at radius 2 is 2.24 bits per heavy atom. The molecule has 0 unspecified atom stereocenters. The number of hydrogen-bond donors (Lipinski definition) is 1. The predicted octanol–water partition coefficient (Wildman–Crippen LogP) is 1.82. The molecule has 0 aliphatic heterocycles. The van der Waals surface area contributed by atoms with E-state index in [1.807, 2.05) is 36.2 Å². The largest absolute Gasteiger partial charge is 0.407 e. The normalized spacial score (nSPS) is 10.5. The maximum absolute atomic E-state index is 5.91. The summed E-state index contributed by atoms with van der Waals surface area (Å²) in [7, 11) is 1.87. The van der Waals surface area contributed by atoms with Gasteiger partial charge in [0.1, 0.15) is 0 Å². The first-order valence-corrected chi connectivity index (χ1v) is 5.55. The number of nitrogens with zero attached hydrogens (tertiary/aromatic N) is 3. The minimum absolute atomic E-state index is 0.248. The van der Waals surface area contributed by atoms with E-state index in [9.17, 15) is 0 Å². The van der Waals surface area contributed by atoms with Crippen LogP contribution in [0.15, 0.2) is 28.7 Å². The van der Waals surface area contributed by atoms with Crippen molar-refractivity contribution in [1.29, 1.82) is 0 Å². The lowest BCUT2D eigenvalue weighted by molar-refractivity contribution is 0.491. The van der Waals surface area contributed by atoms with E-state index in [-0.39, 0.29) is 6.54 Å². The molecule has 2 N–H and O–H groups in total. The lowest BCUT2D eigenvalue weighted by atomic mass is 10.2. The van der Waals surface area contributed by atoms with Crippen LogP contribution in [0, 0.1) is 0 Å². The van der Waals surface area contributed by atoms with Gasteiger partial charge in [0.25, 0.3) is 0 Å². The first kappa shape index (κ1) is 11.9. The van der Waals surface area contributed by atoms with Crippen LogP contribution in [0.4, 0.5) is 6.01 Å². The fourth-order valence-corrected chi connectivity index (χ4v) is 1.67. The zero-order valence-corrected chi connectivity index (χ0v) is 10.2. The van der Waals surface area contributed by atoms with Crippen LogP contribution in [0.5, 0.6) is 0 Å². The second kappa shape index (κ2) is 5.16. The third kappa shape index (κ3) is 2.95. The molecular weight excluding hydrogens is 240 g/mol. The fourth-order valence-electron chi connectivity index (χ4n) is 1.46. The van der Waals surface area contributed by atoms with E-state index in [0.29, 0.717) is 23.5 Å². The molecule has 1 aromatic heterocycles. The van der Waals surface area contributed by atoms with Crippen LogP contribution in [0.25, 0.3) is 0 Å². The van der Waals surface area contributed by atoms with Crippen molar-refractivity contribution in [2.45, 2.75) is 13.1 Å². The van der Waals surface area contributed by atoms with Crippen molar-refractivity contribution < 1.29 is 4.42 Å². The number of hydrogen-bond acceptors (Lipinski definition) is 5. The molecule has 0 fully saturated rings. The molecule has 2 rings (SSSR count). The zero-order valence-electron chi connectivity index (χ0n) is 9.43. The minimum atomic E-state index is 0.248. The summed E-state index contributed by atoms with van der Waals surface area (Å²) in [5.41, 5.74) is 6.48. The third-order valence-corrected chi connectivity index (χ3v) is 2.50. The zero-order chi connectivity index (χ0) is 12.3. The van der Waals surface area contributed by atoms with Gasteiger partial charge >= 0.3 is 6.01 Å². The smallest absolute Gasteiger partial charge is 0.318 e. The van der Waals surface area contributed by atoms with Gasteiger partial charge in [-0.1, -0.05) is 28.8 Å². The summed E-state index contributed by atoms with van der Waals surface area (Å²) in [6.45, 7) is 0.894. The number of aromatic nitrogens is 2. The number of benzene rings is 1. The topological polar surface area (TPSA) is 68.2 Å². The average Bonchev–Trinajstić information content (AvgIpc) is 2.77. The number of halogens is 1. The summed E-state index contributed by atoms with van der Waals surface area (Å²) < 4.78 is 5.34. The number of anilines is 1. The molecular formula is C11H13ClN4O. The Morgan fingerprint density at radius 3 is 2.88 bits per heavy atom. The first-order chi connectivity index (χ1) is 8.19. The summed E-state index contributed by atoms with van der Waals surface area (Å²) in [5.74, 6) is 0.429. The van der Waals surface area contributed by atoms with E-state index in [4.69, 9.17) is 21.8 Å². The standard InChI is InChI=1S/C11H13ClN4O/c1-16(11-15-14-10(6-13)17-11)7-8-3-2-4-9(12)5-8/h2-5H,6-7,13H2,1H3. The molecule has 0 aliphatic rings. The Balaban J connectivity index is 2.08. The van der Waals surface area contributed by atoms with E-state index in [2.05, 4.69) is 10.2 Å². The van der Waals surface area contributed by atoms with Crippen molar-refractivity contribution in [1.82, 2.24) is 10.2 Å². The minimum Gasteiger partial charge on any atom is -0.407 e. The lowest BCUT2D eigenvalue weighted by Gasteiger charge is -2.13. The highest BCUT2D eigenvalue weighted by molar-refractivity contribution is 6.30. The average molecular weight is 253 g/mol. The highest BCUT2D eigenvalue weighted by atomic mass is 35.5.